The molecule has 0 saturated heterocycles. The molecular weight excluding hydrogens is 468 g/mol. The Hall–Kier alpha value is -5.26. The summed E-state index contributed by atoms with van der Waals surface area (Å²) in [6, 6.07) is 8.14. The summed E-state index contributed by atoms with van der Waals surface area (Å²) in [7, 11) is 0. The van der Waals surface area contributed by atoms with Crippen LogP contribution in [0.4, 0.5) is 11.4 Å². The first-order chi connectivity index (χ1) is 17.1. The summed E-state index contributed by atoms with van der Waals surface area (Å²) in [6.45, 7) is 3.90. The van der Waals surface area contributed by atoms with E-state index in [2.05, 4.69) is 22.2 Å². The molecule has 0 aliphatic rings. The Bertz CT molecular complexity index is 1640. The Labute approximate surface area is 202 Å². The molecule has 12 heteroatoms. The van der Waals surface area contributed by atoms with Gasteiger partial charge in [-0.3, -0.25) is 23.6 Å². The van der Waals surface area contributed by atoms with E-state index in [0.717, 1.165) is 16.0 Å². The number of rotatable bonds is 9. The zero-order valence-corrected chi connectivity index (χ0v) is 18.7. The van der Waals surface area contributed by atoms with Gasteiger partial charge in [0.2, 0.25) is 0 Å². The summed E-state index contributed by atoms with van der Waals surface area (Å²) in [4.78, 5) is 63.5. The van der Waals surface area contributed by atoms with Gasteiger partial charge in [-0.25, -0.2) is 9.78 Å². The number of amides is 2. The molecule has 0 unspecified atom stereocenters. The fourth-order valence-electron chi connectivity index (χ4n) is 3.74. The first-order valence-corrected chi connectivity index (χ1v) is 10.5. The maximum Gasteiger partial charge on any atom is 0.352 e. The van der Waals surface area contributed by atoms with E-state index in [0.29, 0.717) is 5.56 Å². The van der Waals surface area contributed by atoms with Crippen LogP contribution in [0.15, 0.2) is 52.7 Å². The van der Waals surface area contributed by atoms with Crippen molar-refractivity contribution < 1.29 is 19.5 Å². The minimum atomic E-state index is -1.33. The number of fused-ring (bicyclic) bond motifs is 1. The number of aromatic nitrogens is 2. The summed E-state index contributed by atoms with van der Waals surface area (Å²) >= 11 is 0. The van der Waals surface area contributed by atoms with Gasteiger partial charge in [0.25, 0.3) is 22.7 Å². The number of nitrogens with one attached hydrogen (secondary N) is 2. The van der Waals surface area contributed by atoms with Crippen molar-refractivity contribution in [1.29, 1.82) is 0 Å². The van der Waals surface area contributed by atoms with Crippen molar-refractivity contribution in [2.24, 2.45) is 5.73 Å². The number of hydrogen-bond acceptors (Lipinski definition) is 8. The van der Waals surface area contributed by atoms with Crippen LogP contribution in [0.5, 0.6) is 0 Å². The molecule has 0 aliphatic carbocycles. The average Bonchev–Trinajstić information content (AvgIpc) is 3.25. The van der Waals surface area contributed by atoms with Gasteiger partial charge >= 0.3 is 5.97 Å². The fraction of sp³-hybridized carbons (Fsp3) is 0.0833. The van der Waals surface area contributed by atoms with E-state index in [-0.39, 0.29) is 52.6 Å². The molecule has 2 aromatic heterocycles. The number of benzene rings is 1. The van der Waals surface area contributed by atoms with Crippen molar-refractivity contribution in [2.75, 3.05) is 11.1 Å². The molecule has 12 nitrogen and oxygen atoms in total. The van der Waals surface area contributed by atoms with E-state index < -0.39 is 28.6 Å². The molecule has 182 valence electrons. The third-order valence-corrected chi connectivity index (χ3v) is 5.55. The van der Waals surface area contributed by atoms with Gasteiger partial charge in [0, 0.05) is 30.9 Å². The molecule has 0 atom stereocenters. The number of nitrogen functional groups attached to an aromatic ring is 1. The number of nitrogens with two attached hydrogens (primary N) is 2. The first-order valence-electron chi connectivity index (χ1n) is 10.5. The monoisotopic (exact) mass is 488 g/mol. The SMILES string of the molecule is C=Cc1cn2c(C(=O)O)cc(C(=O)NCc3cccc(CNc4c(N)c(=O)c4=O)c3)nc2c1C(N)=O. The third-order valence-electron chi connectivity index (χ3n) is 5.55. The van der Waals surface area contributed by atoms with Crippen LogP contribution in [0, 0.1) is 0 Å². The van der Waals surface area contributed by atoms with Crippen molar-refractivity contribution in [3.8, 4) is 0 Å². The number of carbonyl (C=O) groups excluding carboxylic acids is 2. The number of nitrogens with zero attached hydrogens (tertiary/aromatic N) is 2. The highest BCUT2D eigenvalue weighted by molar-refractivity contribution is 6.04. The summed E-state index contributed by atoms with van der Waals surface area (Å²) in [6.07, 6.45) is 2.70. The smallest absolute Gasteiger partial charge is 0.352 e. The molecule has 4 aromatic rings. The van der Waals surface area contributed by atoms with Crippen molar-refractivity contribution in [3.05, 3.63) is 97.2 Å². The predicted molar refractivity (Wildman–Crippen MR) is 131 cm³/mol. The number of carbonyl (C=O) groups is 3. The molecule has 0 bridgehead atoms. The highest BCUT2D eigenvalue weighted by Gasteiger charge is 2.22. The number of carboxylic acid groups (broad SMARTS) is 1. The van der Waals surface area contributed by atoms with Crippen LogP contribution in [0.25, 0.3) is 11.7 Å². The van der Waals surface area contributed by atoms with E-state index >= 15 is 0 Å². The zero-order valence-electron chi connectivity index (χ0n) is 18.7. The summed E-state index contributed by atoms with van der Waals surface area (Å²) < 4.78 is 1.16. The van der Waals surface area contributed by atoms with E-state index in [9.17, 15) is 29.1 Å². The van der Waals surface area contributed by atoms with Gasteiger partial charge in [0.15, 0.2) is 5.65 Å². The summed E-state index contributed by atoms with van der Waals surface area (Å²) in [5, 5.41) is 15.1. The standard InChI is InChI=1S/C24H20N6O6/c1-2-13-10-30-15(24(35)36)7-14(29-22(30)16(13)21(26)33)23(34)28-9-12-5-3-4-11(6-12)8-27-18-17(25)19(31)20(18)32/h2-7,10,27H,1,8-9,25H2,(H2,26,33)(H,28,34)(H,35,36). The van der Waals surface area contributed by atoms with Gasteiger partial charge in [-0.15, -0.1) is 0 Å². The topological polar surface area (TPSA) is 199 Å². The lowest BCUT2D eigenvalue weighted by Gasteiger charge is -2.11. The molecule has 2 heterocycles. The minimum absolute atomic E-state index is 0.0512. The number of primary amides is 1. The van der Waals surface area contributed by atoms with Crippen LogP contribution in [0.1, 0.15) is 48.0 Å². The van der Waals surface area contributed by atoms with Crippen LogP contribution in [0.3, 0.4) is 0 Å². The molecule has 0 radical (unpaired) electrons. The molecule has 0 fully saturated rings. The second-order valence-corrected chi connectivity index (χ2v) is 7.86. The van der Waals surface area contributed by atoms with Gasteiger partial charge < -0.3 is 27.2 Å². The highest BCUT2D eigenvalue weighted by atomic mass is 16.4. The summed E-state index contributed by atoms with van der Waals surface area (Å²) in [5.74, 6) is -2.85. The number of anilines is 2. The largest absolute Gasteiger partial charge is 0.477 e. The molecule has 4 rings (SSSR count). The molecule has 2 amide bonds. The molecule has 0 saturated carbocycles. The summed E-state index contributed by atoms with van der Waals surface area (Å²) in [5.41, 5.74) is 10.7. The van der Waals surface area contributed by atoms with E-state index in [1.165, 1.54) is 12.3 Å². The molecule has 36 heavy (non-hydrogen) atoms. The molecular formula is C24H20N6O6. The molecule has 2 aromatic carbocycles. The van der Waals surface area contributed by atoms with Crippen LogP contribution in [0.2, 0.25) is 0 Å². The van der Waals surface area contributed by atoms with Gasteiger partial charge in [0.05, 0.1) is 5.56 Å². The Balaban J connectivity index is 1.54. The molecule has 0 spiro atoms. The van der Waals surface area contributed by atoms with Crippen molar-refractivity contribution in [2.45, 2.75) is 13.1 Å². The van der Waals surface area contributed by atoms with Gasteiger partial charge in [-0.2, -0.15) is 0 Å². The van der Waals surface area contributed by atoms with Crippen molar-refractivity contribution >= 4 is 40.9 Å². The third kappa shape index (κ3) is 4.18. The van der Waals surface area contributed by atoms with Gasteiger partial charge in [-0.1, -0.05) is 36.9 Å². The minimum Gasteiger partial charge on any atom is -0.477 e. The second kappa shape index (κ2) is 9.18. The maximum absolute atomic E-state index is 12.8. The van der Waals surface area contributed by atoms with Crippen LogP contribution >= 0.6 is 0 Å². The molecule has 0 aliphatic heterocycles. The lowest BCUT2D eigenvalue weighted by atomic mass is 10.1. The maximum atomic E-state index is 12.8. The lowest BCUT2D eigenvalue weighted by Crippen LogP contribution is -2.36. The van der Waals surface area contributed by atoms with E-state index in [1.54, 1.807) is 24.3 Å². The van der Waals surface area contributed by atoms with Gasteiger partial charge in [0.1, 0.15) is 22.8 Å². The average molecular weight is 488 g/mol. The number of hydrogen-bond donors (Lipinski definition) is 5. The normalized spacial score (nSPS) is 10.9. The Morgan fingerprint density at radius 3 is 2.42 bits per heavy atom. The number of aromatic carboxylic acids is 1. The van der Waals surface area contributed by atoms with Crippen LogP contribution in [-0.4, -0.2) is 32.3 Å². The lowest BCUT2D eigenvalue weighted by molar-refractivity contribution is 0.0688. The molecule has 7 N–H and O–H groups in total. The first kappa shape index (κ1) is 23.9. The van der Waals surface area contributed by atoms with E-state index in [1.807, 2.05) is 0 Å². The van der Waals surface area contributed by atoms with Crippen LogP contribution < -0.4 is 33.0 Å². The second-order valence-electron chi connectivity index (χ2n) is 7.86. The predicted octanol–water partition coefficient (Wildman–Crippen LogP) is 0.495. The van der Waals surface area contributed by atoms with Gasteiger partial charge in [-0.05, 0) is 11.1 Å². The Morgan fingerprint density at radius 1 is 1.11 bits per heavy atom. The Morgan fingerprint density at radius 2 is 1.81 bits per heavy atom. The van der Waals surface area contributed by atoms with Crippen molar-refractivity contribution in [3.63, 3.8) is 0 Å². The number of carboxylic acids is 1. The van der Waals surface area contributed by atoms with Crippen molar-refractivity contribution in [1.82, 2.24) is 14.7 Å². The van der Waals surface area contributed by atoms with E-state index in [4.69, 9.17) is 11.5 Å². The quantitative estimate of drug-likeness (QED) is 0.208. The van der Waals surface area contributed by atoms with Crippen LogP contribution in [-0.2, 0) is 13.1 Å². The fourth-order valence-corrected chi connectivity index (χ4v) is 3.74. The highest BCUT2D eigenvalue weighted by Crippen LogP contribution is 2.21. The Kier molecular flexibility index (Phi) is 6.09. The zero-order chi connectivity index (χ0) is 26.1.